The van der Waals surface area contributed by atoms with Crippen LogP contribution in [0.1, 0.15) is 18.5 Å². The molecule has 0 bridgehead atoms. The van der Waals surface area contributed by atoms with Crippen molar-refractivity contribution < 1.29 is 9.21 Å². The van der Waals surface area contributed by atoms with E-state index in [1.54, 1.807) is 16.9 Å². The number of thioether (sulfide) groups is 1. The Balaban J connectivity index is 1.59. The molecular weight excluding hydrogens is 360 g/mol. The second-order valence-corrected chi connectivity index (χ2v) is 6.79. The van der Waals surface area contributed by atoms with Gasteiger partial charge < -0.3 is 14.3 Å². The van der Waals surface area contributed by atoms with Crippen molar-refractivity contribution in [3.05, 3.63) is 53.2 Å². The first-order valence-corrected chi connectivity index (χ1v) is 9.02. The second-order valence-electron chi connectivity index (χ2n) is 5.44. The number of carbonyl (C=O) groups excluding carboxylic acids is 1. The van der Waals surface area contributed by atoms with Crippen LogP contribution in [0.5, 0.6) is 0 Å². The summed E-state index contributed by atoms with van der Waals surface area (Å²) in [6, 6.07) is 10.9. The smallest absolute Gasteiger partial charge is 0.230 e. The molecule has 2 heterocycles. The lowest BCUT2D eigenvalue weighted by molar-refractivity contribution is -0.119. The molecule has 1 aromatic carbocycles. The van der Waals surface area contributed by atoms with Gasteiger partial charge in [-0.15, -0.1) is 10.2 Å². The molecule has 0 unspecified atom stereocenters. The summed E-state index contributed by atoms with van der Waals surface area (Å²) in [5, 5.41) is 12.4. The molecule has 8 heteroatoms. The maximum atomic E-state index is 12.2. The molecule has 0 fully saturated rings. The Bertz CT molecular complexity index is 863. The summed E-state index contributed by atoms with van der Waals surface area (Å²) < 4.78 is 7.13. The van der Waals surface area contributed by atoms with Gasteiger partial charge in [0.05, 0.1) is 18.1 Å². The highest BCUT2D eigenvalue weighted by molar-refractivity contribution is 7.99. The number of nitrogens with zero attached hydrogens (tertiary/aromatic N) is 3. The quantitative estimate of drug-likeness (QED) is 0.664. The van der Waals surface area contributed by atoms with Gasteiger partial charge in [0.15, 0.2) is 16.7 Å². The fourth-order valence-electron chi connectivity index (χ4n) is 2.38. The monoisotopic (exact) mass is 376 g/mol. The molecule has 3 rings (SSSR count). The maximum Gasteiger partial charge on any atom is 0.230 e. The first-order valence-electron chi connectivity index (χ1n) is 7.66. The lowest BCUT2D eigenvalue weighted by Gasteiger charge is -2.15. The molecule has 3 aromatic rings. The fraction of sp³-hybridized carbons (Fsp3) is 0.235. The van der Waals surface area contributed by atoms with Gasteiger partial charge in [0.25, 0.3) is 0 Å². The van der Waals surface area contributed by atoms with E-state index in [0.29, 0.717) is 21.8 Å². The topological polar surface area (TPSA) is 73.0 Å². The van der Waals surface area contributed by atoms with Crippen molar-refractivity contribution in [1.82, 2.24) is 20.1 Å². The van der Waals surface area contributed by atoms with E-state index >= 15 is 0 Å². The normalized spacial score (nSPS) is 12.1. The van der Waals surface area contributed by atoms with E-state index in [4.69, 9.17) is 16.0 Å². The summed E-state index contributed by atoms with van der Waals surface area (Å²) in [6.07, 6.45) is 1.58. The van der Waals surface area contributed by atoms with Crippen molar-refractivity contribution in [1.29, 1.82) is 0 Å². The molecule has 0 radical (unpaired) electrons. The van der Waals surface area contributed by atoms with Crippen LogP contribution in [-0.4, -0.2) is 26.4 Å². The fourth-order valence-corrected chi connectivity index (χ4v) is 3.40. The van der Waals surface area contributed by atoms with E-state index < -0.39 is 0 Å². The van der Waals surface area contributed by atoms with Crippen LogP contribution in [0.25, 0.3) is 11.6 Å². The van der Waals surface area contributed by atoms with Crippen molar-refractivity contribution in [2.75, 3.05) is 5.75 Å². The van der Waals surface area contributed by atoms with Crippen LogP contribution in [0.15, 0.2) is 52.2 Å². The second kappa shape index (κ2) is 7.76. The molecule has 1 N–H and O–H groups in total. The molecular formula is C17H17ClN4O2S. The number of hydrogen-bond acceptors (Lipinski definition) is 5. The largest absolute Gasteiger partial charge is 0.461 e. The predicted octanol–water partition coefficient (Wildman–Crippen LogP) is 3.70. The molecule has 1 atom stereocenters. The SMILES string of the molecule is C[C@@H](NC(=O)CSc1nnc(-c2ccco2)n1C)c1ccccc1Cl. The van der Waals surface area contributed by atoms with Gasteiger partial charge in [-0.2, -0.15) is 0 Å². The molecule has 0 aliphatic rings. The first kappa shape index (κ1) is 17.6. The van der Waals surface area contributed by atoms with Gasteiger partial charge in [-0.05, 0) is 30.7 Å². The summed E-state index contributed by atoms with van der Waals surface area (Å²) >= 11 is 7.48. The number of nitrogens with one attached hydrogen (secondary N) is 1. The van der Waals surface area contributed by atoms with E-state index in [9.17, 15) is 4.79 Å². The molecule has 0 aliphatic carbocycles. The number of furan rings is 1. The van der Waals surface area contributed by atoms with Crippen LogP contribution in [0.3, 0.4) is 0 Å². The minimum absolute atomic E-state index is 0.0973. The van der Waals surface area contributed by atoms with Crippen LogP contribution in [0, 0.1) is 0 Å². The van der Waals surface area contributed by atoms with Gasteiger partial charge in [0, 0.05) is 12.1 Å². The third-order valence-electron chi connectivity index (χ3n) is 3.66. The number of amides is 1. The Hall–Kier alpha value is -2.25. The van der Waals surface area contributed by atoms with E-state index in [1.165, 1.54) is 11.8 Å². The van der Waals surface area contributed by atoms with Crippen LogP contribution in [-0.2, 0) is 11.8 Å². The number of carbonyl (C=O) groups is 1. The number of halogens is 1. The van der Waals surface area contributed by atoms with Gasteiger partial charge in [0.1, 0.15) is 0 Å². The average molecular weight is 377 g/mol. The molecule has 0 saturated carbocycles. The lowest BCUT2D eigenvalue weighted by atomic mass is 10.1. The highest BCUT2D eigenvalue weighted by atomic mass is 35.5. The Morgan fingerprint density at radius 3 is 2.84 bits per heavy atom. The van der Waals surface area contributed by atoms with Crippen molar-refractivity contribution >= 4 is 29.3 Å². The van der Waals surface area contributed by atoms with E-state index in [1.807, 2.05) is 44.3 Å². The van der Waals surface area contributed by atoms with Gasteiger partial charge >= 0.3 is 0 Å². The summed E-state index contributed by atoms with van der Waals surface area (Å²) in [7, 11) is 1.84. The molecule has 1 amide bonds. The van der Waals surface area contributed by atoms with Gasteiger partial charge in [-0.1, -0.05) is 41.6 Å². The number of rotatable bonds is 6. The third-order valence-corrected chi connectivity index (χ3v) is 5.02. The zero-order chi connectivity index (χ0) is 17.8. The van der Waals surface area contributed by atoms with Crippen LogP contribution in [0.4, 0.5) is 0 Å². The molecule has 0 saturated heterocycles. The molecule has 6 nitrogen and oxygen atoms in total. The van der Waals surface area contributed by atoms with Crippen molar-refractivity contribution in [3.63, 3.8) is 0 Å². The summed E-state index contributed by atoms with van der Waals surface area (Å²) in [4.78, 5) is 12.2. The van der Waals surface area contributed by atoms with Crippen molar-refractivity contribution in [2.45, 2.75) is 18.1 Å². The standard InChI is InChI=1S/C17H17ClN4O2S/c1-11(12-6-3-4-7-13(12)18)19-15(23)10-25-17-21-20-16(22(17)2)14-8-5-9-24-14/h3-9,11H,10H2,1-2H3,(H,19,23)/t11-/m1/s1. The summed E-state index contributed by atoms with van der Waals surface area (Å²) in [5.74, 6) is 1.40. The minimum atomic E-state index is -0.167. The molecule has 2 aromatic heterocycles. The first-order chi connectivity index (χ1) is 12.1. The highest BCUT2D eigenvalue weighted by Crippen LogP contribution is 2.24. The lowest BCUT2D eigenvalue weighted by Crippen LogP contribution is -2.28. The highest BCUT2D eigenvalue weighted by Gasteiger charge is 2.16. The van der Waals surface area contributed by atoms with Crippen LogP contribution < -0.4 is 5.32 Å². The maximum absolute atomic E-state index is 12.2. The number of benzene rings is 1. The Morgan fingerprint density at radius 2 is 2.12 bits per heavy atom. The zero-order valence-electron chi connectivity index (χ0n) is 13.8. The van der Waals surface area contributed by atoms with Gasteiger partial charge in [-0.25, -0.2) is 0 Å². The van der Waals surface area contributed by atoms with E-state index in [0.717, 1.165) is 5.56 Å². The van der Waals surface area contributed by atoms with E-state index in [-0.39, 0.29) is 17.7 Å². The Kier molecular flexibility index (Phi) is 5.45. The minimum Gasteiger partial charge on any atom is -0.461 e. The van der Waals surface area contributed by atoms with Crippen molar-refractivity contribution in [3.8, 4) is 11.6 Å². The molecule has 0 spiro atoms. The Morgan fingerprint density at radius 1 is 1.32 bits per heavy atom. The van der Waals surface area contributed by atoms with E-state index in [2.05, 4.69) is 15.5 Å². The van der Waals surface area contributed by atoms with Gasteiger partial charge in [0.2, 0.25) is 5.91 Å². The average Bonchev–Trinajstić information content (AvgIpc) is 3.23. The molecule has 25 heavy (non-hydrogen) atoms. The summed E-state index contributed by atoms with van der Waals surface area (Å²) in [5.41, 5.74) is 0.890. The predicted molar refractivity (Wildman–Crippen MR) is 97.4 cm³/mol. The van der Waals surface area contributed by atoms with Crippen LogP contribution in [0.2, 0.25) is 5.02 Å². The summed E-state index contributed by atoms with van der Waals surface area (Å²) in [6.45, 7) is 1.90. The number of aromatic nitrogens is 3. The molecule has 0 aliphatic heterocycles. The van der Waals surface area contributed by atoms with Crippen molar-refractivity contribution in [2.24, 2.45) is 7.05 Å². The third kappa shape index (κ3) is 4.05. The van der Waals surface area contributed by atoms with Gasteiger partial charge in [-0.3, -0.25) is 4.79 Å². The number of hydrogen-bond donors (Lipinski definition) is 1. The molecule has 130 valence electrons. The van der Waals surface area contributed by atoms with Crippen LogP contribution >= 0.6 is 23.4 Å². The Labute approximate surface area is 154 Å². The zero-order valence-corrected chi connectivity index (χ0v) is 15.3.